The lowest BCUT2D eigenvalue weighted by molar-refractivity contribution is -0.155. The number of aliphatic hydroxyl groups excluding tert-OH is 4. The summed E-state index contributed by atoms with van der Waals surface area (Å²) >= 11 is 0. The monoisotopic (exact) mass is 2160 g/mol. The number of rotatable bonds is 39. The predicted octanol–water partition coefficient (Wildman–Crippen LogP) is 2.75. The Hall–Kier alpha value is -4.55. The number of anilines is 1. The summed E-state index contributed by atoms with van der Waals surface area (Å²) in [5.74, 6) is -0.808. The first-order valence-corrected chi connectivity index (χ1v) is 53.5. The van der Waals surface area contributed by atoms with Crippen LogP contribution in [-0.4, -0.2) is 257 Å². The maximum atomic E-state index is 15.0. The summed E-state index contributed by atoms with van der Waals surface area (Å²) in [6.07, 6.45) is -11.1. The Morgan fingerprint density at radius 3 is 1.17 bits per heavy atom. The fourth-order valence-corrected chi connectivity index (χ4v) is 23.9. The van der Waals surface area contributed by atoms with Crippen LogP contribution in [0.1, 0.15) is 74.5 Å². The van der Waals surface area contributed by atoms with Crippen LogP contribution in [0.5, 0.6) is 0 Å². The number of aromatic nitrogens is 2. The number of halogens is 4. The highest BCUT2D eigenvalue weighted by Gasteiger charge is 2.64. The van der Waals surface area contributed by atoms with Crippen molar-refractivity contribution >= 4 is 117 Å². The first-order chi connectivity index (χ1) is 59.2. The molecular weight excluding hydrogens is 2060 g/mol. The van der Waals surface area contributed by atoms with Gasteiger partial charge in [-0.3, -0.25) is 22.7 Å². The minimum absolute atomic E-state index is 0. The SMILES string of the molecule is C.C=C1N=C(N)C=CN1[C@@H]1O[C@@](COP(=O)(O)OP(=O)(O)OP(=O)(O)O)(C(=C)C)[C@@H](O)[C@H]1F.C=C1N=C(N)C=CN1[C@@H]1O[C@@](COP(=O)(O)OP(=O)(O)OP(=O)(O)O)(C(C)C)[C@@H](O)[C@H]1F.C=C1N=C(N)C=CN1[C@@H]1O[C@](/C=C/CC)(COP(=O)(O)OP(=O)(O)OP(=O)(O)O)[C@@H](O)[C@H]1F.CC(C)CC[C@]1(COP(=O)(O)OP(=O)(O)OP(=O)(O)O)O[C@@H](n2ccc(N)nc2=O)[C@H](F)[C@@H]1O. The summed E-state index contributed by atoms with van der Waals surface area (Å²) in [6.45, 7) is 19.4. The third kappa shape index (κ3) is 34.2. The maximum absolute atomic E-state index is 15.0. The van der Waals surface area contributed by atoms with Gasteiger partial charge in [0.2, 0.25) is 0 Å². The number of aliphatic hydroxyl groups is 4. The second kappa shape index (κ2) is 45.4. The lowest BCUT2D eigenvalue weighted by Gasteiger charge is -2.36. The van der Waals surface area contributed by atoms with Crippen molar-refractivity contribution in [2.24, 2.45) is 44.0 Å². The van der Waals surface area contributed by atoms with Crippen molar-refractivity contribution in [2.75, 3.05) is 32.2 Å². The van der Waals surface area contributed by atoms with E-state index in [1.807, 2.05) is 0 Å². The van der Waals surface area contributed by atoms with Crippen LogP contribution in [0.15, 0.2) is 130 Å². The van der Waals surface area contributed by atoms with Gasteiger partial charge in [0, 0.05) is 24.8 Å². The molecule has 0 saturated carbocycles. The number of phosphoric ester groups is 4. The summed E-state index contributed by atoms with van der Waals surface area (Å²) in [5.41, 5.74) is 12.6. The number of aliphatic imine (C=N–C) groups is 3. The van der Waals surface area contributed by atoms with E-state index < -0.39 is 228 Å². The molecular formula is C55H96F4N12O49P12. The van der Waals surface area contributed by atoms with E-state index in [1.165, 1.54) is 69.7 Å². The van der Waals surface area contributed by atoms with E-state index in [-0.39, 0.29) is 72.5 Å². The molecule has 0 radical (unpaired) electrons. The van der Waals surface area contributed by atoms with Gasteiger partial charge < -0.3 is 155 Å². The second-order valence-electron chi connectivity index (χ2n) is 28.2. The molecule has 132 heavy (non-hydrogen) atoms. The lowest BCUT2D eigenvalue weighted by atomic mass is 9.85. The van der Waals surface area contributed by atoms with Gasteiger partial charge in [0.15, 0.2) is 49.6 Å². The fraction of sp³-hybridized carbons (Fsp3) is 0.582. The molecule has 0 amide bonds. The van der Waals surface area contributed by atoms with Gasteiger partial charge in [-0.15, -0.1) is 0 Å². The number of nitrogens with zero attached hydrogens (tertiary/aromatic N) is 8. The number of amidine groups is 3. The Balaban J connectivity index is 0.000000367. The van der Waals surface area contributed by atoms with E-state index in [2.05, 4.69) is 98.9 Å². The third-order valence-electron chi connectivity index (χ3n) is 17.5. The highest BCUT2D eigenvalue weighted by molar-refractivity contribution is 7.68. The summed E-state index contributed by atoms with van der Waals surface area (Å²) in [4.78, 5) is 175. The zero-order chi connectivity index (χ0) is 101. The Bertz CT molecular complexity index is 5290. The minimum atomic E-state index is -5.79. The van der Waals surface area contributed by atoms with Crippen LogP contribution in [-0.2, 0) is 126 Å². The van der Waals surface area contributed by atoms with Crippen molar-refractivity contribution in [1.82, 2.24) is 24.3 Å². The van der Waals surface area contributed by atoms with Crippen LogP contribution in [0, 0.1) is 11.8 Å². The highest BCUT2D eigenvalue weighted by atomic mass is 31.3. The zero-order valence-electron chi connectivity index (χ0n) is 67.7. The molecule has 0 aromatic carbocycles. The van der Waals surface area contributed by atoms with Crippen molar-refractivity contribution in [3.05, 3.63) is 121 Å². The first-order valence-electron chi connectivity index (χ1n) is 35.5. The van der Waals surface area contributed by atoms with Gasteiger partial charge in [0.25, 0.3) is 0 Å². The Morgan fingerprint density at radius 2 is 0.826 bits per heavy atom. The highest BCUT2D eigenvalue weighted by Crippen LogP contribution is 2.71. The Morgan fingerprint density at radius 1 is 0.485 bits per heavy atom. The van der Waals surface area contributed by atoms with E-state index in [1.54, 1.807) is 20.8 Å². The van der Waals surface area contributed by atoms with Crippen LogP contribution in [0.3, 0.4) is 0 Å². The molecule has 0 spiro atoms. The molecule has 7 aliphatic heterocycles. The number of hydrogen-bond acceptors (Lipinski definition) is 44. The lowest BCUT2D eigenvalue weighted by Crippen LogP contribution is -2.50. The number of nitrogen functional groups attached to an aromatic ring is 1. The predicted molar refractivity (Wildman–Crippen MR) is 437 cm³/mol. The van der Waals surface area contributed by atoms with Gasteiger partial charge in [-0.05, 0) is 67.9 Å². The minimum Gasteiger partial charge on any atom is -0.387 e. The van der Waals surface area contributed by atoms with Crippen molar-refractivity contribution in [1.29, 1.82) is 0 Å². The van der Waals surface area contributed by atoms with Crippen molar-refractivity contribution < 1.29 is 243 Å². The van der Waals surface area contributed by atoms with Crippen LogP contribution in [0.2, 0.25) is 0 Å². The average Bonchev–Trinajstić information content (AvgIpc) is 1.61. The van der Waals surface area contributed by atoms with E-state index in [0.29, 0.717) is 11.0 Å². The number of hydrogen-bond donors (Lipinski definition) is 24. The number of alkyl halides is 4. The van der Waals surface area contributed by atoms with Gasteiger partial charge >= 0.3 is 99.6 Å². The molecule has 1 aromatic rings. The van der Waals surface area contributed by atoms with Gasteiger partial charge in [0.1, 0.15) is 87.6 Å². The largest absolute Gasteiger partial charge is 0.490 e. The molecule has 7 aliphatic rings. The fourth-order valence-electron chi connectivity index (χ4n) is 11.6. The summed E-state index contributed by atoms with van der Waals surface area (Å²) in [6, 6.07) is 1.17. The zero-order valence-corrected chi connectivity index (χ0v) is 78.4. The van der Waals surface area contributed by atoms with Gasteiger partial charge in [-0.25, -0.2) is 92.1 Å². The molecule has 24 atom stereocenters. The molecule has 4 saturated heterocycles. The summed E-state index contributed by atoms with van der Waals surface area (Å²) in [7, 11) is -67.7. The number of allylic oxidation sites excluding steroid dienone is 1. The van der Waals surface area contributed by atoms with Crippen molar-refractivity contribution in [3.8, 4) is 0 Å². The molecule has 4 fully saturated rings. The third-order valence-corrected chi connectivity index (χ3v) is 32.6. The standard InChI is InChI=1S/C14H25FN3O13P3.C14H23FN3O12P3.C13H23FN3O12P3.C13H21FN3O12P3.CH4/c1-8(2)3-5-14(7-28-33(24,25)31-34(26,27)30-32(21,22)23)11(19)10(15)12(29-14)18-6-4-9(16)17-13(18)20;1-3-4-6-14(8-27-32(23,24)30-33(25,26)29-31(20,21)22)12(19)11(15)13(28-14)18-7-5-10(16)17-9(18)2;2*1-7(2)13(6-26-31(22,23)29-32(24,25)28-30(19,20)21)11(18)10(14)12(27-13)17-5-4-9(15)16-8(17)3;/h4,6,8,10-12,19H,3,5,7H2,1-2H3,(H,24,25)(H,26,27)(H2,16,17,20)(H2,21,22,23);4-7,11-13,19H,2-3,8H2,1H3,(H2,16,17)(H,23,24)(H,25,26)(H2,20,21,22);4-5,7,10-12,18H,3,6H2,1-2H3,(H2,15,16)(H,22,23)(H,24,25)(H2,19,20,21);4-5,10-12,18H,1,3,6H2,2H3,(H2,15,16)(H,22,23)(H,24,25)(H2,19,20,21);1H4/b;6-4+;;;/t10-,11+,12-,14-;11-,12+,13-,14-;2*10-,11+,12-,13+;/m1111./s1. The van der Waals surface area contributed by atoms with Crippen molar-refractivity contribution in [3.63, 3.8) is 0 Å². The molecule has 8 heterocycles. The van der Waals surface area contributed by atoms with Gasteiger partial charge in [-0.2, -0.15) is 39.5 Å². The molecule has 758 valence electrons. The van der Waals surface area contributed by atoms with Crippen LogP contribution < -0.4 is 28.6 Å². The molecule has 1 aromatic heterocycles. The molecule has 28 N–H and O–H groups in total. The molecule has 0 aliphatic carbocycles. The van der Waals surface area contributed by atoms with Crippen molar-refractivity contribution in [2.45, 2.75) is 165 Å². The van der Waals surface area contributed by atoms with E-state index in [9.17, 15) is 128 Å². The smallest absolute Gasteiger partial charge is 0.387 e. The van der Waals surface area contributed by atoms with Gasteiger partial charge in [-0.1, -0.05) is 80.5 Å². The average molecular weight is 2160 g/mol. The molecule has 77 heteroatoms. The quantitative estimate of drug-likeness (QED) is 0.0256. The van der Waals surface area contributed by atoms with Crippen LogP contribution in [0.25, 0.3) is 0 Å². The van der Waals surface area contributed by atoms with Crippen LogP contribution in [0.4, 0.5) is 23.4 Å². The van der Waals surface area contributed by atoms with E-state index >= 15 is 8.78 Å². The number of phosphoric acid groups is 12. The topological polar surface area (TPSA) is 943 Å². The Labute approximate surface area is 743 Å². The number of nitrogens with two attached hydrogens (primary N) is 4. The van der Waals surface area contributed by atoms with E-state index in [4.69, 9.17) is 81.0 Å². The second-order valence-corrected chi connectivity index (χ2v) is 45.8. The first kappa shape index (κ1) is 120. The molecule has 8 unspecified atom stereocenters. The summed E-state index contributed by atoms with van der Waals surface area (Å²) < 4.78 is 267. The number of ether oxygens (including phenoxy) is 4. The summed E-state index contributed by atoms with van der Waals surface area (Å²) in [5, 5.41) is 42.1. The Kier molecular flexibility index (Phi) is 41.2. The normalized spacial score (nSPS) is 31.3. The van der Waals surface area contributed by atoms with E-state index in [0.717, 1.165) is 27.0 Å². The molecule has 0 bridgehead atoms. The maximum Gasteiger partial charge on any atom is 0.490 e. The van der Waals surface area contributed by atoms with Crippen LogP contribution >= 0.6 is 93.9 Å². The molecule has 8 rings (SSSR count). The van der Waals surface area contributed by atoms with Gasteiger partial charge in [0.05, 0.1) is 26.4 Å². The molecule has 61 nitrogen and oxygen atoms in total.